The lowest BCUT2D eigenvalue weighted by molar-refractivity contribution is 0.298. The number of unbranched alkanes of at least 4 members (excludes halogenated alkanes) is 2. The highest BCUT2D eigenvalue weighted by Crippen LogP contribution is 2.29. The summed E-state index contributed by atoms with van der Waals surface area (Å²) in [6, 6.07) is 13.1. The van der Waals surface area contributed by atoms with Gasteiger partial charge in [0.15, 0.2) is 0 Å². The molecule has 0 bridgehead atoms. The van der Waals surface area contributed by atoms with Gasteiger partial charge in [-0.15, -0.1) is 0 Å². The molecule has 2 nitrogen and oxygen atoms in total. The minimum atomic E-state index is 0.452. The third kappa shape index (κ3) is 5.43. The highest BCUT2D eigenvalue weighted by Gasteiger charge is 2.05. The molecule has 2 aromatic rings. The van der Waals surface area contributed by atoms with Gasteiger partial charge in [-0.25, -0.2) is 0 Å². The normalized spacial score (nSPS) is 10.5. The van der Waals surface area contributed by atoms with Crippen LogP contribution >= 0.6 is 23.2 Å². The van der Waals surface area contributed by atoms with Crippen LogP contribution < -0.4 is 9.47 Å². The van der Waals surface area contributed by atoms with Crippen molar-refractivity contribution in [2.45, 2.75) is 32.8 Å². The maximum atomic E-state index is 6.23. The van der Waals surface area contributed by atoms with E-state index < -0.39 is 0 Å². The summed E-state index contributed by atoms with van der Waals surface area (Å²) in [5.74, 6) is 1.43. The smallest absolute Gasteiger partial charge is 0.138 e. The summed E-state index contributed by atoms with van der Waals surface area (Å²) in [6.45, 7) is 3.34. The quantitative estimate of drug-likeness (QED) is 0.538. The van der Waals surface area contributed by atoms with Crippen LogP contribution in [0, 0.1) is 0 Å². The van der Waals surface area contributed by atoms with Crippen LogP contribution in [0.25, 0.3) is 0 Å². The van der Waals surface area contributed by atoms with Crippen LogP contribution in [-0.2, 0) is 6.61 Å². The maximum absolute atomic E-state index is 6.23. The Kier molecular flexibility index (Phi) is 6.88. The van der Waals surface area contributed by atoms with Crippen LogP contribution in [0.2, 0.25) is 10.0 Å². The fraction of sp³-hybridized carbons (Fsp3) is 0.333. The molecule has 0 aromatic heterocycles. The number of hydrogen-bond donors (Lipinski definition) is 0. The lowest BCUT2D eigenvalue weighted by atomic mass is 10.2. The number of benzene rings is 2. The van der Waals surface area contributed by atoms with Gasteiger partial charge in [0.1, 0.15) is 18.1 Å². The topological polar surface area (TPSA) is 18.5 Å². The Morgan fingerprint density at radius 3 is 2.36 bits per heavy atom. The van der Waals surface area contributed by atoms with E-state index in [0.717, 1.165) is 24.3 Å². The maximum Gasteiger partial charge on any atom is 0.138 e. The van der Waals surface area contributed by atoms with Crippen molar-refractivity contribution in [2.75, 3.05) is 6.61 Å². The van der Waals surface area contributed by atoms with Crippen LogP contribution in [-0.4, -0.2) is 6.61 Å². The number of rotatable bonds is 8. The molecule has 0 saturated carbocycles. The molecule has 2 aromatic carbocycles. The first-order chi connectivity index (χ1) is 10.7. The van der Waals surface area contributed by atoms with Crippen molar-refractivity contribution in [3.63, 3.8) is 0 Å². The molecular formula is C18H20Cl2O2. The Bertz CT molecular complexity index is 582. The van der Waals surface area contributed by atoms with E-state index in [4.69, 9.17) is 32.7 Å². The number of ether oxygens (including phenoxy) is 2. The summed E-state index contributed by atoms with van der Waals surface area (Å²) in [7, 11) is 0. The second-order valence-electron chi connectivity index (χ2n) is 5.06. The average Bonchev–Trinajstić information content (AvgIpc) is 2.52. The first-order valence-corrected chi connectivity index (χ1v) is 8.24. The average molecular weight is 339 g/mol. The van der Waals surface area contributed by atoms with E-state index in [-0.39, 0.29) is 0 Å². The van der Waals surface area contributed by atoms with E-state index >= 15 is 0 Å². The monoisotopic (exact) mass is 338 g/mol. The molecule has 2 rings (SSSR count). The van der Waals surface area contributed by atoms with Gasteiger partial charge >= 0.3 is 0 Å². The fourth-order valence-electron chi connectivity index (χ4n) is 1.97. The van der Waals surface area contributed by atoms with Gasteiger partial charge in [0.2, 0.25) is 0 Å². The molecule has 0 aliphatic carbocycles. The van der Waals surface area contributed by atoms with Gasteiger partial charge in [0.25, 0.3) is 0 Å². The molecule has 22 heavy (non-hydrogen) atoms. The Hall–Kier alpha value is -1.38. The van der Waals surface area contributed by atoms with Gasteiger partial charge in [0, 0.05) is 11.1 Å². The summed E-state index contributed by atoms with van der Waals surface area (Å²) in [5.41, 5.74) is 1.04. The first kappa shape index (κ1) is 17.0. The Balaban J connectivity index is 1.87. The zero-order chi connectivity index (χ0) is 15.8. The molecule has 0 saturated heterocycles. The van der Waals surface area contributed by atoms with Crippen molar-refractivity contribution in [1.29, 1.82) is 0 Å². The summed E-state index contributed by atoms with van der Waals surface area (Å²) < 4.78 is 11.4. The van der Waals surface area contributed by atoms with Gasteiger partial charge in [-0.1, -0.05) is 55.1 Å². The molecule has 118 valence electrons. The second-order valence-corrected chi connectivity index (χ2v) is 5.91. The predicted octanol–water partition coefficient (Wildman–Crippen LogP) is 6.14. The Morgan fingerprint density at radius 2 is 1.68 bits per heavy atom. The third-order valence-electron chi connectivity index (χ3n) is 3.23. The molecule has 0 radical (unpaired) electrons. The zero-order valence-electron chi connectivity index (χ0n) is 12.6. The molecule has 0 fully saturated rings. The van der Waals surface area contributed by atoms with E-state index in [1.54, 1.807) is 6.07 Å². The Morgan fingerprint density at radius 1 is 0.909 bits per heavy atom. The van der Waals surface area contributed by atoms with Crippen molar-refractivity contribution >= 4 is 23.2 Å². The SMILES string of the molecule is CCCCCOc1ccc(OCc2ccc(Cl)cc2)c(Cl)c1. The molecular weight excluding hydrogens is 319 g/mol. The van der Waals surface area contributed by atoms with Gasteiger partial charge < -0.3 is 9.47 Å². The lowest BCUT2D eigenvalue weighted by Gasteiger charge is -2.11. The summed E-state index contributed by atoms with van der Waals surface area (Å²) >= 11 is 12.1. The number of halogens is 2. The van der Waals surface area contributed by atoms with Crippen molar-refractivity contribution in [2.24, 2.45) is 0 Å². The third-order valence-corrected chi connectivity index (χ3v) is 3.77. The number of hydrogen-bond acceptors (Lipinski definition) is 2. The summed E-state index contributed by atoms with van der Waals surface area (Å²) in [5, 5.41) is 1.27. The van der Waals surface area contributed by atoms with E-state index in [9.17, 15) is 0 Å². The molecule has 4 heteroatoms. The van der Waals surface area contributed by atoms with Crippen molar-refractivity contribution in [3.8, 4) is 11.5 Å². The van der Waals surface area contributed by atoms with Gasteiger partial charge in [-0.3, -0.25) is 0 Å². The largest absolute Gasteiger partial charge is 0.494 e. The summed E-state index contributed by atoms with van der Waals surface area (Å²) in [4.78, 5) is 0. The summed E-state index contributed by atoms with van der Waals surface area (Å²) in [6.07, 6.45) is 3.42. The van der Waals surface area contributed by atoms with Crippen LogP contribution in [0.4, 0.5) is 0 Å². The lowest BCUT2D eigenvalue weighted by Crippen LogP contribution is -1.98. The molecule has 0 spiro atoms. The molecule has 0 atom stereocenters. The van der Waals surface area contributed by atoms with Crippen LogP contribution in [0.1, 0.15) is 31.7 Å². The zero-order valence-corrected chi connectivity index (χ0v) is 14.2. The van der Waals surface area contributed by atoms with Crippen LogP contribution in [0.5, 0.6) is 11.5 Å². The molecule has 0 heterocycles. The van der Waals surface area contributed by atoms with Crippen LogP contribution in [0.3, 0.4) is 0 Å². The van der Waals surface area contributed by atoms with Crippen molar-refractivity contribution < 1.29 is 9.47 Å². The second kappa shape index (κ2) is 8.92. The molecule has 0 amide bonds. The van der Waals surface area contributed by atoms with E-state index in [2.05, 4.69) is 6.92 Å². The van der Waals surface area contributed by atoms with Gasteiger partial charge in [-0.2, -0.15) is 0 Å². The molecule has 0 unspecified atom stereocenters. The predicted molar refractivity (Wildman–Crippen MR) is 92.3 cm³/mol. The van der Waals surface area contributed by atoms with E-state index in [0.29, 0.717) is 22.4 Å². The highest BCUT2D eigenvalue weighted by atomic mass is 35.5. The minimum absolute atomic E-state index is 0.452. The van der Waals surface area contributed by atoms with Gasteiger partial charge in [-0.05, 0) is 36.2 Å². The van der Waals surface area contributed by atoms with Gasteiger partial charge in [0.05, 0.1) is 11.6 Å². The van der Waals surface area contributed by atoms with Crippen molar-refractivity contribution in [1.82, 2.24) is 0 Å². The Labute approximate surface area is 142 Å². The standard InChI is InChI=1S/C18H20Cl2O2/c1-2-3-4-11-21-16-9-10-18(17(20)12-16)22-13-14-5-7-15(19)8-6-14/h5-10,12H,2-4,11,13H2,1H3. The van der Waals surface area contributed by atoms with Crippen LogP contribution in [0.15, 0.2) is 42.5 Å². The minimum Gasteiger partial charge on any atom is -0.494 e. The molecule has 0 aliphatic rings. The highest BCUT2D eigenvalue weighted by molar-refractivity contribution is 6.32. The van der Waals surface area contributed by atoms with Crippen molar-refractivity contribution in [3.05, 3.63) is 58.1 Å². The van der Waals surface area contributed by atoms with E-state index in [1.165, 1.54) is 12.8 Å². The fourth-order valence-corrected chi connectivity index (χ4v) is 2.32. The first-order valence-electron chi connectivity index (χ1n) is 7.48. The molecule has 0 N–H and O–H groups in total. The molecule has 0 aliphatic heterocycles. The van der Waals surface area contributed by atoms with E-state index in [1.807, 2.05) is 36.4 Å².